The smallest absolute Gasteiger partial charge is 0.261 e. The van der Waals surface area contributed by atoms with E-state index in [0.717, 1.165) is 17.5 Å². The van der Waals surface area contributed by atoms with Gasteiger partial charge < -0.3 is 15.0 Å². The van der Waals surface area contributed by atoms with E-state index >= 15 is 0 Å². The molecular weight excluding hydrogens is 400 g/mol. The fourth-order valence-electron chi connectivity index (χ4n) is 3.15. The highest BCUT2D eigenvalue weighted by atomic mass is 35.5. The lowest BCUT2D eigenvalue weighted by Crippen LogP contribution is -2.51. The van der Waals surface area contributed by atoms with Gasteiger partial charge in [0.05, 0.1) is 5.02 Å². The van der Waals surface area contributed by atoms with Crippen molar-refractivity contribution in [1.29, 1.82) is 0 Å². The Kier molecular flexibility index (Phi) is 9.18. The molecule has 0 saturated carbocycles. The van der Waals surface area contributed by atoms with Crippen molar-refractivity contribution in [2.45, 2.75) is 59.2 Å². The number of hydrogen-bond acceptors (Lipinski definition) is 3. The molecule has 0 aliphatic carbocycles. The molecule has 0 bridgehead atoms. The third-order valence-electron chi connectivity index (χ3n) is 5.01. The van der Waals surface area contributed by atoms with E-state index in [-0.39, 0.29) is 24.5 Å². The van der Waals surface area contributed by atoms with Gasteiger partial charge in [-0.15, -0.1) is 0 Å². The van der Waals surface area contributed by atoms with E-state index in [1.165, 1.54) is 0 Å². The average Bonchev–Trinajstić information content (AvgIpc) is 2.72. The molecule has 0 radical (unpaired) electrons. The van der Waals surface area contributed by atoms with E-state index in [4.69, 9.17) is 16.3 Å². The summed E-state index contributed by atoms with van der Waals surface area (Å²) in [4.78, 5) is 27.7. The minimum Gasteiger partial charge on any atom is -0.482 e. The Labute approximate surface area is 184 Å². The Morgan fingerprint density at radius 3 is 2.47 bits per heavy atom. The predicted molar refractivity (Wildman–Crippen MR) is 121 cm³/mol. The topological polar surface area (TPSA) is 58.6 Å². The normalized spacial score (nSPS) is 12.7. The van der Waals surface area contributed by atoms with Crippen LogP contribution in [-0.4, -0.2) is 35.4 Å². The van der Waals surface area contributed by atoms with Gasteiger partial charge in [-0.05, 0) is 44.4 Å². The molecular formula is C24H31ClN2O3. The zero-order valence-corrected chi connectivity index (χ0v) is 18.9. The zero-order chi connectivity index (χ0) is 22.1. The lowest BCUT2D eigenvalue weighted by molar-refractivity contribution is -0.143. The highest BCUT2D eigenvalue weighted by Gasteiger charge is 2.29. The van der Waals surface area contributed by atoms with Crippen LogP contribution in [0.2, 0.25) is 5.02 Å². The number of carbonyl (C=O) groups excluding carboxylic acids is 2. The van der Waals surface area contributed by atoms with Crippen molar-refractivity contribution < 1.29 is 14.3 Å². The van der Waals surface area contributed by atoms with Crippen molar-refractivity contribution in [2.24, 2.45) is 0 Å². The summed E-state index contributed by atoms with van der Waals surface area (Å²) in [5.74, 6) is 0.0355. The second kappa shape index (κ2) is 11.6. The van der Waals surface area contributed by atoms with Crippen molar-refractivity contribution in [3.05, 3.63) is 64.7 Å². The molecule has 0 aromatic heterocycles. The van der Waals surface area contributed by atoms with Gasteiger partial charge in [-0.25, -0.2) is 0 Å². The SMILES string of the molecule is CC[C@H](C(=O)N[C@@H](C)CC)N(Cc1cccc(C)c1)C(=O)COc1ccccc1Cl. The summed E-state index contributed by atoms with van der Waals surface area (Å²) in [6, 6.07) is 14.4. The van der Waals surface area contributed by atoms with Crippen LogP contribution in [0.3, 0.4) is 0 Å². The number of amides is 2. The molecule has 5 nitrogen and oxygen atoms in total. The van der Waals surface area contributed by atoms with Crippen molar-refractivity contribution in [3.8, 4) is 5.75 Å². The maximum Gasteiger partial charge on any atom is 0.261 e. The minimum absolute atomic E-state index is 0.0434. The molecule has 2 amide bonds. The van der Waals surface area contributed by atoms with Crippen LogP contribution in [0, 0.1) is 6.92 Å². The molecule has 0 spiro atoms. The maximum atomic E-state index is 13.2. The number of carbonyl (C=O) groups is 2. The second-order valence-electron chi connectivity index (χ2n) is 7.47. The summed E-state index contributed by atoms with van der Waals surface area (Å²) < 4.78 is 5.66. The average molecular weight is 431 g/mol. The number of halogens is 1. The Balaban J connectivity index is 2.23. The fourth-order valence-corrected chi connectivity index (χ4v) is 3.34. The molecule has 2 atom stereocenters. The van der Waals surface area contributed by atoms with Crippen molar-refractivity contribution >= 4 is 23.4 Å². The van der Waals surface area contributed by atoms with Crippen molar-refractivity contribution in [1.82, 2.24) is 10.2 Å². The second-order valence-corrected chi connectivity index (χ2v) is 7.88. The maximum absolute atomic E-state index is 13.2. The highest BCUT2D eigenvalue weighted by molar-refractivity contribution is 6.32. The summed E-state index contributed by atoms with van der Waals surface area (Å²) in [5.41, 5.74) is 2.07. The van der Waals surface area contributed by atoms with E-state index in [9.17, 15) is 9.59 Å². The van der Waals surface area contributed by atoms with Gasteiger partial charge in [-0.1, -0.05) is 67.4 Å². The highest BCUT2D eigenvalue weighted by Crippen LogP contribution is 2.23. The number of hydrogen-bond donors (Lipinski definition) is 1. The van der Waals surface area contributed by atoms with Gasteiger partial charge in [-0.2, -0.15) is 0 Å². The number of benzene rings is 2. The van der Waals surface area contributed by atoms with Crippen LogP contribution in [0.4, 0.5) is 0 Å². The summed E-state index contributed by atoms with van der Waals surface area (Å²) in [7, 11) is 0. The van der Waals surface area contributed by atoms with Gasteiger partial charge in [0.2, 0.25) is 5.91 Å². The van der Waals surface area contributed by atoms with Crippen LogP contribution in [0.25, 0.3) is 0 Å². The molecule has 6 heteroatoms. The van der Waals surface area contributed by atoms with E-state index in [1.54, 1.807) is 29.2 Å². The molecule has 0 saturated heterocycles. The number of rotatable bonds is 10. The third kappa shape index (κ3) is 6.77. The van der Waals surface area contributed by atoms with Gasteiger partial charge in [0.1, 0.15) is 11.8 Å². The molecule has 2 rings (SSSR count). The van der Waals surface area contributed by atoms with E-state index in [0.29, 0.717) is 23.7 Å². The molecule has 0 unspecified atom stereocenters. The van der Waals surface area contributed by atoms with Crippen LogP contribution in [0.15, 0.2) is 48.5 Å². The fraction of sp³-hybridized carbons (Fsp3) is 0.417. The standard InChI is InChI=1S/C24H31ClN2O3/c1-5-18(4)26-24(29)21(6-2)27(15-19-11-9-10-17(3)14-19)23(28)16-30-22-13-8-7-12-20(22)25/h7-14,18,21H,5-6,15-16H2,1-4H3,(H,26,29)/t18-,21+/m0/s1. The monoisotopic (exact) mass is 430 g/mol. The van der Waals surface area contributed by atoms with Crippen molar-refractivity contribution in [3.63, 3.8) is 0 Å². The first-order chi connectivity index (χ1) is 14.3. The number of ether oxygens (including phenoxy) is 1. The Morgan fingerprint density at radius 2 is 1.83 bits per heavy atom. The largest absolute Gasteiger partial charge is 0.482 e. The van der Waals surface area contributed by atoms with Gasteiger partial charge >= 0.3 is 0 Å². The molecule has 2 aromatic carbocycles. The van der Waals surface area contributed by atoms with E-state index in [2.05, 4.69) is 5.32 Å². The summed E-state index contributed by atoms with van der Waals surface area (Å²) in [6.07, 6.45) is 1.33. The van der Waals surface area contributed by atoms with Crippen LogP contribution >= 0.6 is 11.6 Å². The minimum atomic E-state index is -0.582. The van der Waals surface area contributed by atoms with Crippen LogP contribution in [-0.2, 0) is 16.1 Å². The molecule has 0 aliphatic heterocycles. The molecule has 1 N–H and O–H groups in total. The Bertz CT molecular complexity index is 856. The van der Waals surface area contributed by atoms with Gasteiger partial charge in [0.25, 0.3) is 5.91 Å². The summed E-state index contributed by atoms with van der Waals surface area (Å²) >= 11 is 6.13. The molecule has 30 heavy (non-hydrogen) atoms. The third-order valence-corrected chi connectivity index (χ3v) is 5.32. The van der Waals surface area contributed by atoms with Crippen LogP contribution in [0.5, 0.6) is 5.75 Å². The Hall–Kier alpha value is -2.53. The first kappa shape index (κ1) is 23.7. The van der Waals surface area contributed by atoms with Gasteiger partial charge in [0, 0.05) is 12.6 Å². The number of aryl methyl sites for hydroxylation is 1. The van der Waals surface area contributed by atoms with Crippen molar-refractivity contribution in [2.75, 3.05) is 6.61 Å². The summed E-state index contributed by atoms with van der Waals surface area (Å²) in [5, 5.41) is 3.44. The molecule has 0 aliphatic rings. The Morgan fingerprint density at radius 1 is 1.10 bits per heavy atom. The first-order valence-corrected chi connectivity index (χ1v) is 10.8. The van der Waals surface area contributed by atoms with Gasteiger partial charge in [0.15, 0.2) is 6.61 Å². The van der Waals surface area contributed by atoms with Crippen LogP contribution in [0.1, 0.15) is 44.7 Å². The van der Waals surface area contributed by atoms with Crippen LogP contribution < -0.4 is 10.1 Å². The number of nitrogens with one attached hydrogen (secondary N) is 1. The first-order valence-electron chi connectivity index (χ1n) is 10.4. The molecule has 0 fully saturated rings. The lowest BCUT2D eigenvalue weighted by atomic mass is 10.1. The molecule has 162 valence electrons. The van der Waals surface area contributed by atoms with E-state index in [1.807, 2.05) is 52.0 Å². The number of para-hydroxylation sites is 1. The predicted octanol–water partition coefficient (Wildman–Crippen LogP) is 4.75. The van der Waals surface area contributed by atoms with E-state index < -0.39 is 6.04 Å². The molecule has 2 aromatic rings. The zero-order valence-electron chi connectivity index (χ0n) is 18.2. The molecule has 0 heterocycles. The van der Waals surface area contributed by atoms with Gasteiger partial charge in [-0.3, -0.25) is 9.59 Å². The quantitative estimate of drug-likeness (QED) is 0.591. The lowest BCUT2D eigenvalue weighted by Gasteiger charge is -2.31. The summed E-state index contributed by atoms with van der Waals surface area (Å²) in [6.45, 7) is 8.02. The number of nitrogens with zero attached hydrogens (tertiary/aromatic N) is 1.